The van der Waals surface area contributed by atoms with E-state index in [1.54, 1.807) is 0 Å². The van der Waals surface area contributed by atoms with Gasteiger partial charge in [0.15, 0.2) is 5.78 Å². The Morgan fingerprint density at radius 3 is 2.26 bits per heavy atom. The van der Waals surface area contributed by atoms with Gasteiger partial charge in [0.2, 0.25) is 0 Å². The van der Waals surface area contributed by atoms with E-state index in [0.29, 0.717) is 5.69 Å². The number of ketones is 1. The summed E-state index contributed by atoms with van der Waals surface area (Å²) in [6.45, 7) is 2.65. The van der Waals surface area contributed by atoms with E-state index < -0.39 is 29.2 Å². The maximum absolute atomic E-state index is 12.3. The molecule has 5 nitrogen and oxygen atoms in total. The minimum absolute atomic E-state index is 0.240. The molecule has 0 amide bonds. The third-order valence-corrected chi connectivity index (χ3v) is 3.05. The quantitative estimate of drug-likeness (QED) is 0.880. The zero-order valence-electron chi connectivity index (χ0n) is 12.1. The fourth-order valence-electron chi connectivity index (χ4n) is 2.16. The molecule has 0 fully saturated rings. The number of aromatic hydroxyl groups is 1. The molecular weight excluding hydrogens is 315 g/mol. The minimum Gasteiger partial charge on any atom is -0.507 e. The number of carbonyl (C=O) groups is 1. The van der Waals surface area contributed by atoms with Crippen LogP contribution in [0.5, 0.6) is 11.5 Å². The van der Waals surface area contributed by atoms with Gasteiger partial charge in [-0.2, -0.15) is 0 Å². The molecule has 0 unspecified atom stereocenters. The van der Waals surface area contributed by atoms with Crippen molar-refractivity contribution in [2.75, 3.05) is 0 Å². The zero-order valence-corrected chi connectivity index (χ0v) is 12.1. The number of ether oxygens (including phenoxy) is 1. The van der Waals surface area contributed by atoms with Crippen molar-refractivity contribution in [1.29, 1.82) is 0 Å². The molecule has 122 valence electrons. The molecule has 0 aliphatic rings. The van der Waals surface area contributed by atoms with E-state index in [1.807, 2.05) is 0 Å². The lowest BCUT2D eigenvalue weighted by Crippen LogP contribution is -2.26. The number of hydrogen-bond donors (Lipinski definition) is 1. The summed E-state index contributed by atoms with van der Waals surface area (Å²) < 4.78 is 41.3. The van der Waals surface area contributed by atoms with Crippen LogP contribution in [0.2, 0.25) is 0 Å². The lowest BCUT2D eigenvalue weighted by Gasteiger charge is -2.14. The Balaban J connectivity index is 2.53. The second-order valence-corrected chi connectivity index (χ2v) is 4.78. The molecule has 0 saturated carbocycles. The molecule has 0 saturated heterocycles. The van der Waals surface area contributed by atoms with E-state index in [0.717, 1.165) is 23.6 Å². The number of aryl methyl sites for hydroxylation is 1. The van der Waals surface area contributed by atoms with Crippen LogP contribution in [-0.2, 0) is 0 Å². The molecule has 1 aromatic carbocycles. The van der Waals surface area contributed by atoms with Crippen molar-refractivity contribution in [3.8, 4) is 17.2 Å². The van der Waals surface area contributed by atoms with Crippen molar-refractivity contribution >= 4 is 5.78 Å². The molecule has 0 aliphatic heterocycles. The first-order valence-electron chi connectivity index (χ1n) is 6.43. The SMILES string of the molecule is CC(=O)c1c(O)cc(C)n(-c2ccc(OC(F)(F)F)cc2)c1=O. The van der Waals surface area contributed by atoms with E-state index in [9.17, 15) is 27.9 Å². The van der Waals surface area contributed by atoms with Crippen LogP contribution in [0.25, 0.3) is 5.69 Å². The third-order valence-electron chi connectivity index (χ3n) is 3.05. The van der Waals surface area contributed by atoms with E-state index in [-0.39, 0.29) is 11.3 Å². The number of aromatic nitrogens is 1. The van der Waals surface area contributed by atoms with Crippen molar-refractivity contribution in [2.24, 2.45) is 0 Å². The monoisotopic (exact) mass is 327 g/mol. The smallest absolute Gasteiger partial charge is 0.507 e. The topological polar surface area (TPSA) is 68.5 Å². The van der Waals surface area contributed by atoms with Gasteiger partial charge in [0.05, 0.1) is 0 Å². The lowest BCUT2D eigenvalue weighted by atomic mass is 10.1. The number of halogens is 3. The summed E-state index contributed by atoms with van der Waals surface area (Å²) in [6, 6.07) is 5.83. The highest BCUT2D eigenvalue weighted by molar-refractivity contribution is 5.96. The Kier molecular flexibility index (Phi) is 4.18. The molecular formula is C15H12F3NO4. The molecule has 2 rings (SSSR count). The molecule has 23 heavy (non-hydrogen) atoms. The van der Waals surface area contributed by atoms with E-state index in [1.165, 1.54) is 25.1 Å². The van der Waals surface area contributed by atoms with Crippen LogP contribution in [0.3, 0.4) is 0 Å². The lowest BCUT2D eigenvalue weighted by molar-refractivity contribution is -0.274. The molecule has 0 spiro atoms. The molecule has 0 aliphatic carbocycles. The fourth-order valence-corrected chi connectivity index (χ4v) is 2.16. The summed E-state index contributed by atoms with van der Waals surface area (Å²) in [7, 11) is 0. The number of benzene rings is 1. The Hall–Kier alpha value is -2.77. The van der Waals surface area contributed by atoms with Crippen LogP contribution >= 0.6 is 0 Å². The molecule has 1 aromatic heterocycles. The number of Topliss-reactive ketones (excluding diaryl/α,β-unsaturated/α-hetero) is 1. The van der Waals surface area contributed by atoms with E-state index >= 15 is 0 Å². The first-order chi connectivity index (χ1) is 10.6. The van der Waals surface area contributed by atoms with Crippen LogP contribution < -0.4 is 10.3 Å². The molecule has 1 heterocycles. The number of nitrogens with zero attached hydrogens (tertiary/aromatic N) is 1. The first-order valence-corrected chi connectivity index (χ1v) is 6.43. The minimum atomic E-state index is -4.81. The maximum Gasteiger partial charge on any atom is 0.573 e. The second kappa shape index (κ2) is 5.79. The van der Waals surface area contributed by atoms with E-state index in [4.69, 9.17) is 0 Å². The number of hydrogen-bond acceptors (Lipinski definition) is 4. The van der Waals surface area contributed by atoms with Gasteiger partial charge >= 0.3 is 6.36 Å². The largest absolute Gasteiger partial charge is 0.573 e. The fraction of sp³-hybridized carbons (Fsp3) is 0.200. The van der Waals surface area contributed by atoms with Crippen molar-refractivity contribution in [1.82, 2.24) is 4.57 Å². The number of alkyl halides is 3. The van der Waals surface area contributed by atoms with Crippen LogP contribution in [-0.4, -0.2) is 21.8 Å². The Labute approximate surface area is 128 Å². The van der Waals surface area contributed by atoms with Crippen LogP contribution in [0.4, 0.5) is 13.2 Å². The van der Waals surface area contributed by atoms with Gasteiger partial charge < -0.3 is 9.84 Å². The number of pyridine rings is 1. The molecule has 0 bridgehead atoms. The third kappa shape index (κ3) is 3.53. The summed E-state index contributed by atoms with van der Waals surface area (Å²) in [5, 5.41) is 9.71. The highest BCUT2D eigenvalue weighted by Crippen LogP contribution is 2.24. The molecule has 1 N–H and O–H groups in total. The Morgan fingerprint density at radius 2 is 1.78 bits per heavy atom. The summed E-state index contributed by atoms with van der Waals surface area (Å²) >= 11 is 0. The number of rotatable bonds is 3. The van der Waals surface area contributed by atoms with Gasteiger partial charge in [0, 0.05) is 17.4 Å². The van der Waals surface area contributed by atoms with Gasteiger partial charge in [-0.25, -0.2) is 0 Å². The van der Waals surface area contributed by atoms with Crippen molar-refractivity contribution in [2.45, 2.75) is 20.2 Å². The summed E-state index contributed by atoms with van der Waals surface area (Å²) in [5.74, 6) is -1.48. The normalized spacial score (nSPS) is 11.3. The Morgan fingerprint density at radius 1 is 1.22 bits per heavy atom. The predicted molar refractivity (Wildman–Crippen MR) is 75.1 cm³/mol. The summed E-state index contributed by atoms with van der Waals surface area (Å²) in [6.07, 6.45) is -4.81. The summed E-state index contributed by atoms with van der Waals surface area (Å²) in [5.41, 5.74) is -0.572. The zero-order chi connectivity index (χ0) is 17.4. The van der Waals surface area contributed by atoms with Crippen molar-refractivity contribution in [3.05, 3.63) is 51.9 Å². The van der Waals surface area contributed by atoms with Gasteiger partial charge in [0.1, 0.15) is 17.1 Å². The maximum atomic E-state index is 12.3. The standard InChI is InChI=1S/C15H12F3NO4/c1-8-7-12(21)13(9(2)20)14(22)19(8)10-3-5-11(6-4-10)23-15(16,17)18/h3-7,21H,1-2H3. The molecule has 0 radical (unpaired) electrons. The van der Waals surface area contributed by atoms with Gasteiger partial charge in [-0.1, -0.05) is 0 Å². The highest BCUT2D eigenvalue weighted by atomic mass is 19.4. The van der Waals surface area contributed by atoms with Gasteiger partial charge in [0.25, 0.3) is 5.56 Å². The van der Waals surface area contributed by atoms with Crippen LogP contribution in [0.1, 0.15) is 23.0 Å². The van der Waals surface area contributed by atoms with Crippen LogP contribution in [0.15, 0.2) is 35.1 Å². The average Bonchev–Trinajstić information content (AvgIpc) is 2.37. The second-order valence-electron chi connectivity index (χ2n) is 4.78. The first kappa shape index (κ1) is 16.6. The van der Waals surface area contributed by atoms with E-state index in [2.05, 4.69) is 4.74 Å². The average molecular weight is 327 g/mol. The van der Waals surface area contributed by atoms with Crippen molar-refractivity contribution in [3.63, 3.8) is 0 Å². The van der Waals surface area contributed by atoms with Gasteiger partial charge in [-0.15, -0.1) is 13.2 Å². The summed E-state index contributed by atoms with van der Waals surface area (Å²) in [4.78, 5) is 23.8. The van der Waals surface area contributed by atoms with Gasteiger partial charge in [-0.3, -0.25) is 14.2 Å². The highest BCUT2D eigenvalue weighted by Gasteiger charge is 2.31. The molecule has 0 atom stereocenters. The van der Waals surface area contributed by atoms with Crippen LogP contribution in [0, 0.1) is 6.92 Å². The predicted octanol–water partition coefficient (Wildman–Crippen LogP) is 2.95. The van der Waals surface area contributed by atoms with Gasteiger partial charge in [-0.05, 0) is 38.1 Å². The number of carbonyl (C=O) groups excluding carboxylic acids is 1. The molecule has 2 aromatic rings. The Bertz CT molecular complexity index is 807. The molecule has 8 heteroatoms. The van der Waals surface area contributed by atoms with Crippen molar-refractivity contribution < 1.29 is 27.8 Å².